The first-order chi connectivity index (χ1) is 12.5. The molecule has 1 amide bonds. The summed E-state index contributed by atoms with van der Waals surface area (Å²) >= 11 is 0. The number of carbonyl (C=O) groups is 1. The van der Waals surface area contributed by atoms with Crippen molar-refractivity contribution in [1.82, 2.24) is 14.9 Å². The lowest BCUT2D eigenvalue weighted by Crippen LogP contribution is -2.36. The monoisotopic (exact) mass is 351 g/mol. The molecule has 0 fully saturated rings. The Labute approximate surface area is 150 Å². The van der Waals surface area contributed by atoms with Gasteiger partial charge in [-0.2, -0.15) is 0 Å². The van der Waals surface area contributed by atoms with Crippen molar-refractivity contribution < 1.29 is 4.79 Å². The lowest BCUT2D eigenvalue weighted by atomic mass is 10.1. The Morgan fingerprint density at radius 1 is 1.12 bits per heavy atom. The molecular weight excluding hydrogens is 330 g/mol. The molecule has 2 aromatic carbocycles. The third-order valence-electron chi connectivity index (χ3n) is 4.13. The molecule has 0 aliphatic heterocycles. The molecule has 0 saturated heterocycles. The summed E-state index contributed by atoms with van der Waals surface area (Å²) < 4.78 is 1.20. The van der Waals surface area contributed by atoms with E-state index in [1.54, 1.807) is 12.1 Å². The maximum atomic E-state index is 12.7. The van der Waals surface area contributed by atoms with Gasteiger partial charge in [-0.15, -0.1) is 0 Å². The van der Waals surface area contributed by atoms with Crippen molar-refractivity contribution in [2.75, 3.05) is 0 Å². The molecule has 3 aromatic rings. The summed E-state index contributed by atoms with van der Waals surface area (Å²) in [6.07, 6.45) is 0.588. The van der Waals surface area contributed by atoms with Gasteiger partial charge in [-0.3, -0.25) is 14.2 Å². The second kappa shape index (κ2) is 7.39. The Balaban J connectivity index is 1.94. The van der Waals surface area contributed by atoms with Crippen molar-refractivity contribution in [1.29, 1.82) is 0 Å². The number of nitrogens with one attached hydrogen (secondary N) is 2. The van der Waals surface area contributed by atoms with Crippen molar-refractivity contribution in [3.8, 4) is 0 Å². The third kappa shape index (κ3) is 3.74. The Hall–Kier alpha value is -3.15. The molecule has 1 aromatic heterocycles. The normalized spacial score (nSPS) is 11.0. The first-order valence-corrected chi connectivity index (χ1v) is 8.57. The molecule has 3 rings (SSSR count). The van der Waals surface area contributed by atoms with Gasteiger partial charge in [0.05, 0.1) is 10.9 Å². The molecule has 0 spiro atoms. The Morgan fingerprint density at radius 3 is 2.54 bits per heavy atom. The van der Waals surface area contributed by atoms with E-state index in [-0.39, 0.29) is 17.5 Å². The lowest BCUT2D eigenvalue weighted by molar-refractivity contribution is 0.0943. The van der Waals surface area contributed by atoms with E-state index in [1.165, 1.54) is 10.6 Å². The van der Waals surface area contributed by atoms with Gasteiger partial charge in [-0.1, -0.05) is 30.3 Å². The van der Waals surface area contributed by atoms with Crippen LogP contribution in [0, 0.1) is 0 Å². The average molecular weight is 351 g/mol. The number of benzene rings is 2. The number of carbonyl (C=O) groups excluding carboxylic acids is 1. The average Bonchev–Trinajstić information content (AvgIpc) is 2.61. The number of aromatic nitrogens is 2. The number of nitrogens with zero attached hydrogens (tertiary/aromatic N) is 1. The first-order valence-electron chi connectivity index (χ1n) is 8.57. The summed E-state index contributed by atoms with van der Waals surface area (Å²) in [6, 6.07) is 14.4. The summed E-state index contributed by atoms with van der Waals surface area (Å²) in [7, 11) is 0. The molecule has 0 bridgehead atoms. The molecule has 26 heavy (non-hydrogen) atoms. The molecule has 1 heterocycles. The number of aryl methyl sites for hydroxylation is 1. The van der Waals surface area contributed by atoms with Gasteiger partial charge in [-0.05, 0) is 44.0 Å². The summed E-state index contributed by atoms with van der Waals surface area (Å²) in [5.41, 5.74) is 1.01. The van der Waals surface area contributed by atoms with Crippen LogP contribution >= 0.6 is 0 Å². The van der Waals surface area contributed by atoms with E-state index in [4.69, 9.17) is 0 Å². The smallest absolute Gasteiger partial charge is 0.328 e. The van der Waals surface area contributed by atoms with Crippen LogP contribution in [0.25, 0.3) is 10.9 Å². The van der Waals surface area contributed by atoms with Crippen LogP contribution in [0.15, 0.2) is 58.1 Å². The van der Waals surface area contributed by atoms with E-state index < -0.39 is 5.69 Å². The number of H-pyrrole nitrogens is 1. The molecule has 134 valence electrons. The highest BCUT2D eigenvalue weighted by Gasteiger charge is 2.12. The van der Waals surface area contributed by atoms with E-state index in [2.05, 4.69) is 10.3 Å². The van der Waals surface area contributed by atoms with Crippen LogP contribution in [0.1, 0.15) is 29.8 Å². The van der Waals surface area contributed by atoms with Crippen LogP contribution in [0.3, 0.4) is 0 Å². The molecule has 0 aliphatic carbocycles. The zero-order valence-corrected chi connectivity index (χ0v) is 14.8. The van der Waals surface area contributed by atoms with E-state index in [0.29, 0.717) is 29.4 Å². The Kier molecular flexibility index (Phi) is 5.02. The fraction of sp³-hybridized carbons (Fsp3) is 0.250. The highest BCUT2D eigenvalue weighted by Crippen LogP contribution is 2.10. The third-order valence-corrected chi connectivity index (χ3v) is 4.13. The summed E-state index contributed by atoms with van der Waals surface area (Å²) in [5.74, 6) is -0.240. The fourth-order valence-electron chi connectivity index (χ4n) is 2.83. The minimum atomic E-state index is -0.472. The van der Waals surface area contributed by atoms with Gasteiger partial charge < -0.3 is 10.3 Å². The minimum Gasteiger partial charge on any atom is -0.350 e. The molecule has 6 nitrogen and oxygen atoms in total. The summed E-state index contributed by atoms with van der Waals surface area (Å²) in [4.78, 5) is 39.8. The molecule has 0 unspecified atom stereocenters. The summed E-state index contributed by atoms with van der Waals surface area (Å²) in [6.45, 7) is 4.03. The number of aromatic amines is 1. The number of fused-ring (bicyclic) bond motifs is 1. The van der Waals surface area contributed by atoms with Gasteiger partial charge in [0, 0.05) is 18.2 Å². The predicted molar refractivity (Wildman–Crippen MR) is 102 cm³/mol. The highest BCUT2D eigenvalue weighted by atomic mass is 16.2. The lowest BCUT2D eigenvalue weighted by Gasteiger charge is -2.10. The largest absolute Gasteiger partial charge is 0.350 e. The van der Waals surface area contributed by atoms with Crippen LogP contribution in [0.2, 0.25) is 0 Å². The molecule has 0 radical (unpaired) electrons. The molecule has 0 saturated carbocycles. The van der Waals surface area contributed by atoms with Gasteiger partial charge >= 0.3 is 5.69 Å². The molecule has 2 N–H and O–H groups in total. The van der Waals surface area contributed by atoms with Gasteiger partial charge in [0.2, 0.25) is 0 Å². The molecular formula is C20H21N3O3. The number of hydrogen-bond donors (Lipinski definition) is 2. The second-order valence-corrected chi connectivity index (χ2v) is 6.51. The van der Waals surface area contributed by atoms with Crippen LogP contribution in [0.4, 0.5) is 0 Å². The van der Waals surface area contributed by atoms with E-state index in [0.717, 1.165) is 5.56 Å². The van der Waals surface area contributed by atoms with Crippen molar-refractivity contribution >= 4 is 16.8 Å². The predicted octanol–water partition coefficient (Wildman–Crippen LogP) is 2.07. The fourth-order valence-corrected chi connectivity index (χ4v) is 2.83. The molecule has 0 aliphatic rings. The van der Waals surface area contributed by atoms with Crippen molar-refractivity contribution in [2.24, 2.45) is 0 Å². The SMILES string of the molecule is CC(C)NC(=O)c1ccc2c(=O)n(CCc3ccccc3)c(=O)[nH]c2c1. The zero-order valence-electron chi connectivity index (χ0n) is 14.8. The van der Waals surface area contributed by atoms with Gasteiger partial charge in [-0.25, -0.2) is 4.79 Å². The van der Waals surface area contributed by atoms with Crippen molar-refractivity contribution in [3.63, 3.8) is 0 Å². The maximum Gasteiger partial charge on any atom is 0.328 e. The standard InChI is InChI=1S/C20H21N3O3/c1-13(2)21-18(24)15-8-9-16-17(12-15)22-20(26)23(19(16)25)11-10-14-6-4-3-5-7-14/h3-9,12-13H,10-11H2,1-2H3,(H,21,24)(H,22,26). The van der Waals surface area contributed by atoms with Crippen LogP contribution in [0.5, 0.6) is 0 Å². The number of hydrogen-bond acceptors (Lipinski definition) is 3. The van der Waals surface area contributed by atoms with Crippen LogP contribution in [-0.2, 0) is 13.0 Å². The highest BCUT2D eigenvalue weighted by molar-refractivity contribution is 5.97. The van der Waals surface area contributed by atoms with Crippen LogP contribution < -0.4 is 16.6 Å². The summed E-state index contributed by atoms with van der Waals surface area (Å²) in [5, 5.41) is 3.18. The van der Waals surface area contributed by atoms with Crippen LogP contribution in [-0.4, -0.2) is 21.5 Å². The Bertz CT molecular complexity index is 1050. The number of rotatable bonds is 5. The maximum absolute atomic E-state index is 12.7. The molecule has 6 heteroatoms. The topological polar surface area (TPSA) is 84.0 Å². The number of amides is 1. The van der Waals surface area contributed by atoms with E-state index in [9.17, 15) is 14.4 Å². The quantitative estimate of drug-likeness (QED) is 0.738. The first kappa shape index (κ1) is 17.7. The van der Waals surface area contributed by atoms with E-state index in [1.807, 2.05) is 44.2 Å². The molecule has 0 atom stereocenters. The second-order valence-electron chi connectivity index (χ2n) is 6.51. The van der Waals surface area contributed by atoms with Gasteiger partial charge in [0.1, 0.15) is 0 Å². The van der Waals surface area contributed by atoms with Crippen molar-refractivity contribution in [3.05, 3.63) is 80.5 Å². The van der Waals surface area contributed by atoms with Gasteiger partial charge in [0.25, 0.3) is 11.5 Å². The Morgan fingerprint density at radius 2 is 1.85 bits per heavy atom. The van der Waals surface area contributed by atoms with Gasteiger partial charge in [0.15, 0.2) is 0 Å². The van der Waals surface area contributed by atoms with E-state index >= 15 is 0 Å². The van der Waals surface area contributed by atoms with Crippen molar-refractivity contribution in [2.45, 2.75) is 32.9 Å². The minimum absolute atomic E-state index is 0.00299. The zero-order chi connectivity index (χ0) is 18.7.